The second kappa shape index (κ2) is 16.4. The lowest BCUT2D eigenvalue weighted by molar-refractivity contribution is -0.134. The molecule has 1 aromatic heterocycles. The van der Waals surface area contributed by atoms with Crippen molar-refractivity contribution in [2.24, 2.45) is 0 Å². The maximum Gasteiger partial charge on any atom is 0.389 e. The van der Waals surface area contributed by atoms with Gasteiger partial charge in [0.1, 0.15) is 17.4 Å². The summed E-state index contributed by atoms with van der Waals surface area (Å²) in [4.78, 5) is 48.9. The van der Waals surface area contributed by atoms with Gasteiger partial charge < -0.3 is 9.47 Å². The highest BCUT2D eigenvalue weighted by Gasteiger charge is 2.41. The maximum absolute atomic E-state index is 14.4. The molecule has 19 heteroatoms. The molecule has 1 unspecified atom stereocenters. The molecule has 2 N–H and O–H groups in total. The van der Waals surface area contributed by atoms with E-state index in [1.165, 1.54) is 38.3 Å². The van der Waals surface area contributed by atoms with Crippen LogP contribution in [0.1, 0.15) is 50.4 Å². The summed E-state index contributed by atoms with van der Waals surface area (Å²) in [5.74, 6) is 0.756. The lowest BCUT2D eigenvalue weighted by Gasteiger charge is -2.19. The van der Waals surface area contributed by atoms with E-state index in [0.717, 1.165) is 29.9 Å². The average Bonchev–Trinajstić information content (AvgIpc) is 3.33. The Morgan fingerprint density at radius 3 is 2.33 bits per heavy atom. The molecule has 0 saturated heterocycles. The van der Waals surface area contributed by atoms with E-state index >= 15 is 0 Å². The van der Waals surface area contributed by atoms with Crippen LogP contribution in [-0.2, 0) is 26.0 Å². The van der Waals surface area contributed by atoms with E-state index in [4.69, 9.17) is 27.5 Å². The monoisotopic (exact) mass is 766 g/mol. The van der Waals surface area contributed by atoms with Crippen LogP contribution in [0.3, 0.4) is 0 Å². The van der Waals surface area contributed by atoms with E-state index in [2.05, 4.69) is 26.2 Å². The Morgan fingerprint density at radius 2 is 1.73 bits per heavy atom. The fourth-order valence-corrected chi connectivity index (χ4v) is 6.49. The van der Waals surface area contributed by atoms with E-state index in [1.807, 2.05) is 0 Å². The van der Waals surface area contributed by atoms with Crippen LogP contribution < -0.4 is 24.4 Å². The van der Waals surface area contributed by atoms with Gasteiger partial charge in [0.2, 0.25) is 5.95 Å². The summed E-state index contributed by atoms with van der Waals surface area (Å²) in [5, 5.41) is 2.13. The van der Waals surface area contributed by atoms with Crippen LogP contribution in [0.4, 0.5) is 34.0 Å². The first kappa shape index (κ1) is 39.5. The van der Waals surface area contributed by atoms with Gasteiger partial charge in [-0.25, -0.2) is 27.2 Å². The van der Waals surface area contributed by atoms with Gasteiger partial charge in [-0.1, -0.05) is 35.7 Å². The van der Waals surface area contributed by atoms with Crippen molar-refractivity contribution < 1.29 is 49.8 Å². The SMILES string of the molecule is C#CC(C)Oc1cc(N2C(=O)C3=C(CCCC3)C2=O)c(F)cc1Cl.COc1nc(C)nc(NC(=O)NS(=O)(=O)c2ccccc2CCC(F)(F)F)n1. The fraction of sp³-hybridized carbons (Fsp3) is 0.333. The normalized spacial score (nSPS) is 14.9. The van der Waals surface area contributed by atoms with Crippen LogP contribution >= 0.6 is 11.6 Å². The molecule has 0 radical (unpaired) electrons. The molecule has 0 fully saturated rings. The van der Waals surface area contributed by atoms with Crippen LogP contribution in [0, 0.1) is 25.1 Å². The number of nitrogens with one attached hydrogen (secondary N) is 2. The molecular weight excluding hydrogens is 736 g/mol. The molecule has 13 nitrogen and oxygen atoms in total. The standard InChI is InChI=1S/C18H15ClFNO3.C15H16F3N5O4S/c1-3-10(2)24-16-9-15(14(20)8-13(16)19)21-17(22)11-6-4-5-7-12(11)18(21)23;1-9-19-12(22-14(20-9)27-2)21-13(24)23-28(25,26)11-6-4-3-5-10(11)7-8-15(16,17)18/h1,8-10H,4-7H2,2H3;3-6H,7-8H2,1-2H3,(H2,19,20,21,22,23,24). The van der Waals surface area contributed by atoms with Crippen LogP contribution in [0.2, 0.25) is 5.02 Å². The molecule has 276 valence electrons. The minimum atomic E-state index is -4.45. The van der Waals surface area contributed by atoms with Crippen molar-refractivity contribution in [3.05, 3.63) is 69.8 Å². The number of ether oxygens (including phenoxy) is 2. The number of methoxy groups -OCH3 is 1. The van der Waals surface area contributed by atoms with Gasteiger partial charge in [0, 0.05) is 23.6 Å². The number of amides is 4. The molecule has 1 aliphatic heterocycles. The molecular formula is C33H31ClF4N6O7S. The van der Waals surface area contributed by atoms with E-state index in [0.29, 0.717) is 24.0 Å². The zero-order valence-electron chi connectivity index (χ0n) is 27.8. The zero-order chi connectivity index (χ0) is 38.4. The van der Waals surface area contributed by atoms with Gasteiger partial charge in [-0.2, -0.15) is 28.1 Å². The first-order chi connectivity index (χ1) is 24.4. The number of urea groups is 1. The average molecular weight is 767 g/mol. The van der Waals surface area contributed by atoms with Crippen molar-refractivity contribution in [1.29, 1.82) is 0 Å². The Kier molecular flexibility index (Phi) is 12.4. The molecule has 0 saturated carbocycles. The summed E-state index contributed by atoms with van der Waals surface area (Å²) in [5.41, 5.74) is 0.737. The number of terminal acetylenes is 1. The predicted octanol–water partition coefficient (Wildman–Crippen LogP) is 5.82. The summed E-state index contributed by atoms with van der Waals surface area (Å²) in [6, 6.07) is 6.08. The Hall–Kier alpha value is -5.28. The van der Waals surface area contributed by atoms with E-state index < -0.39 is 63.7 Å². The smallest absolute Gasteiger partial charge is 0.389 e. The molecule has 5 rings (SSSR count). The van der Waals surface area contributed by atoms with Crippen molar-refractivity contribution >= 4 is 51.1 Å². The van der Waals surface area contributed by atoms with Crippen LogP contribution in [0.15, 0.2) is 52.4 Å². The Morgan fingerprint density at radius 1 is 1.10 bits per heavy atom. The third-order valence-electron chi connectivity index (χ3n) is 7.47. The number of hydrogen-bond donors (Lipinski definition) is 2. The molecule has 2 aliphatic rings. The van der Waals surface area contributed by atoms with Crippen LogP contribution in [-0.4, -0.2) is 60.6 Å². The summed E-state index contributed by atoms with van der Waals surface area (Å²) in [7, 11) is -3.14. The van der Waals surface area contributed by atoms with E-state index in [9.17, 15) is 40.4 Å². The quantitative estimate of drug-likeness (QED) is 0.154. The fourth-order valence-electron chi connectivity index (χ4n) is 5.12. The minimum absolute atomic E-state index is 0.0233. The number of sulfonamides is 1. The highest BCUT2D eigenvalue weighted by Crippen LogP contribution is 2.39. The number of aromatic nitrogens is 3. The number of anilines is 2. The molecule has 2 heterocycles. The third-order valence-corrected chi connectivity index (χ3v) is 9.20. The van der Waals surface area contributed by atoms with Crippen molar-refractivity contribution in [1.82, 2.24) is 19.7 Å². The second-order valence-electron chi connectivity index (χ2n) is 11.2. The van der Waals surface area contributed by atoms with Gasteiger partial charge in [0.15, 0.2) is 6.10 Å². The Balaban J connectivity index is 0.000000235. The van der Waals surface area contributed by atoms with Crippen molar-refractivity contribution in [2.45, 2.75) is 69.5 Å². The molecule has 3 aromatic rings. The number of aryl methyl sites for hydroxylation is 2. The first-order valence-corrected chi connectivity index (χ1v) is 17.3. The number of benzene rings is 2. The van der Waals surface area contributed by atoms with E-state index in [-0.39, 0.29) is 39.8 Å². The van der Waals surface area contributed by atoms with Gasteiger partial charge in [-0.3, -0.25) is 14.9 Å². The van der Waals surface area contributed by atoms with Crippen molar-refractivity contribution in [3.63, 3.8) is 0 Å². The van der Waals surface area contributed by atoms with Crippen molar-refractivity contribution in [3.8, 4) is 24.1 Å². The lowest BCUT2D eigenvalue weighted by Crippen LogP contribution is -2.35. The number of nitrogens with zero attached hydrogens (tertiary/aromatic N) is 4. The number of hydrogen-bond acceptors (Lipinski definition) is 10. The summed E-state index contributed by atoms with van der Waals surface area (Å²) in [6.07, 6.45) is 1.27. The number of imide groups is 1. The molecule has 2 aromatic carbocycles. The molecule has 4 amide bonds. The molecule has 52 heavy (non-hydrogen) atoms. The Bertz CT molecular complexity index is 2040. The van der Waals surface area contributed by atoms with Crippen LogP contribution in [0.25, 0.3) is 0 Å². The van der Waals surface area contributed by atoms with E-state index in [1.54, 1.807) is 11.6 Å². The summed E-state index contributed by atoms with van der Waals surface area (Å²) in [6.45, 7) is 3.13. The predicted molar refractivity (Wildman–Crippen MR) is 180 cm³/mol. The molecule has 0 spiro atoms. The summed E-state index contributed by atoms with van der Waals surface area (Å²) >= 11 is 5.97. The Labute approximate surface area is 300 Å². The zero-order valence-corrected chi connectivity index (χ0v) is 29.4. The summed E-state index contributed by atoms with van der Waals surface area (Å²) < 4.78 is 88.6. The largest absolute Gasteiger partial charge is 0.476 e. The second-order valence-corrected chi connectivity index (χ2v) is 13.3. The number of carbonyl (C=O) groups is 3. The number of rotatable bonds is 9. The maximum atomic E-state index is 14.4. The lowest BCUT2D eigenvalue weighted by atomic mass is 9.93. The molecule has 1 atom stereocenters. The minimum Gasteiger partial charge on any atom is -0.476 e. The highest BCUT2D eigenvalue weighted by atomic mass is 35.5. The van der Waals surface area contributed by atoms with Gasteiger partial charge in [-0.05, 0) is 63.6 Å². The topological polar surface area (TPSA) is 170 Å². The number of carbonyl (C=O) groups excluding carboxylic acids is 3. The van der Waals surface area contributed by atoms with Gasteiger partial charge in [0.05, 0.1) is 22.7 Å². The molecule has 1 aliphatic carbocycles. The third kappa shape index (κ3) is 9.73. The van der Waals surface area contributed by atoms with Gasteiger partial charge >= 0.3 is 18.2 Å². The number of alkyl halides is 3. The van der Waals surface area contributed by atoms with Crippen molar-refractivity contribution in [2.75, 3.05) is 17.3 Å². The first-order valence-electron chi connectivity index (χ1n) is 15.4. The molecule has 0 bridgehead atoms. The van der Waals surface area contributed by atoms with Gasteiger partial charge in [-0.15, -0.1) is 6.42 Å². The van der Waals surface area contributed by atoms with Crippen LogP contribution in [0.5, 0.6) is 11.8 Å². The highest BCUT2D eigenvalue weighted by molar-refractivity contribution is 7.90. The number of halogens is 5. The van der Waals surface area contributed by atoms with Gasteiger partial charge in [0.25, 0.3) is 21.8 Å².